The number of halogens is 2. The summed E-state index contributed by atoms with van der Waals surface area (Å²) in [5.74, 6) is 0.921. The Labute approximate surface area is 261 Å². The molecule has 43 heavy (non-hydrogen) atoms. The number of nitrogens with zero attached hydrogens (tertiary/aromatic N) is 5. The van der Waals surface area contributed by atoms with E-state index in [-0.39, 0.29) is 51.9 Å². The maximum Gasteiger partial charge on any atom is 0.260 e. The molecule has 3 heterocycles. The van der Waals surface area contributed by atoms with Crippen molar-refractivity contribution in [1.82, 2.24) is 24.3 Å². The lowest BCUT2D eigenvalue weighted by molar-refractivity contribution is -0.139. The van der Waals surface area contributed by atoms with Crippen molar-refractivity contribution in [1.29, 1.82) is 0 Å². The van der Waals surface area contributed by atoms with E-state index in [1.807, 2.05) is 0 Å². The van der Waals surface area contributed by atoms with Crippen LogP contribution in [0.25, 0.3) is 22.2 Å². The van der Waals surface area contributed by atoms with E-state index < -0.39 is 0 Å². The van der Waals surface area contributed by atoms with Crippen molar-refractivity contribution in [2.45, 2.75) is 32.9 Å². The molecule has 1 aliphatic heterocycles. The maximum atomic E-state index is 14.1. The Kier molecular flexibility index (Phi) is 11.3. The first kappa shape index (κ1) is 32.5. The van der Waals surface area contributed by atoms with E-state index in [0.717, 1.165) is 26.1 Å². The van der Waals surface area contributed by atoms with Crippen LogP contribution in [-0.2, 0) is 16.1 Å². The van der Waals surface area contributed by atoms with Crippen LogP contribution in [0.3, 0.4) is 0 Å². The average molecular weight is 634 g/mol. The Bertz CT molecular complexity index is 1490. The topological polar surface area (TPSA) is 111 Å². The Morgan fingerprint density at radius 2 is 1.84 bits per heavy atom. The number of fused-ring (bicyclic) bond motifs is 1. The number of methoxy groups -OCH3 is 2. The van der Waals surface area contributed by atoms with E-state index in [2.05, 4.69) is 35.6 Å². The second-order valence-electron chi connectivity index (χ2n) is 10.0. The summed E-state index contributed by atoms with van der Waals surface area (Å²) >= 11 is 13.4. The molecule has 0 saturated carbocycles. The molecule has 2 aromatic heterocycles. The highest BCUT2D eigenvalue weighted by molar-refractivity contribution is 6.41. The molecule has 1 fully saturated rings. The van der Waals surface area contributed by atoms with Gasteiger partial charge in [-0.2, -0.15) is 4.98 Å². The fraction of sp³-hybridized carbons (Fsp3) is 0.467. The number of hydrogen-bond acceptors (Lipinski definition) is 9. The third-order valence-electron chi connectivity index (χ3n) is 7.50. The van der Waals surface area contributed by atoms with Crippen molar-refractivity contribution in [2.75, 3.05) is 65.4 Å². The number of carbonyl (C=O) groups is 1. The number of amides is 1. The van der Waals surface area contributed by atoms with Gasteiger partial charge in [0.1, 0.15) is 17.1 Å². The van der Waals surface area contributed by atoms with Crippen molar-refractivity contribution in [3.05, 3.63) is 51.4 Å². The molecule has 0 spiro atoms. The lowest BCUT2D eigenvalue weighted by atomic mass is 10.0. The van der Waals surface area contributed by atoms with E-state index in [9.17, 15) is 9.59 Å². The molecule has 1 amide bonds. The minimum atomic E-state index is -0.363. The predicted octanol–water partition coefficient (Wildman–Crippen LogP) is 4.34. The van der Waals surface area contributed by atoms with Crippen LogP contribution in [-0.4, -0.2) is 96.4 Å². The van der Waals surface area contributed by atoms with Crippen molar-refractivity contribution in [3.63, 3.8) is 0 Å². The van der Waals surface area contributed by atoms with Crippen LogP contribution in [0.2, 0.25) is 10.0 Å². The summed E-state index contributed by atoms with van der Waals surface area (Å²) < 4.78 is 18.4. The molecule has 11 nitrogen and oxygen atoms in total. The summed E-state index contributed by atoms with van der Waals surface area (Å²) in [5, 5.41) is 4.26. The van der Waals surface area contributed by atoms with Gasteiger partial charge in [0.25, 0.3) is 5.56 Å². The molecule has 0 radical (unpaired) electrons. The van der Waals surface area contributed by atoms with E-state index in [1.165, 1.54) is 24.9 Å². The van der Waals surface area contributed by atoms with Gasteiger partial charge in [-0.05, 0) is 38.2 Å². The zero-order chi connectivity index (χ0) is 31.1. The number of likely N-dealkylation sites (tertiary alicyclic amines) is 1. The predicted molar refractivity (Wildman–Crippen MR) is 170 cm³/mol. The SMILES string of the molecule is C=CC(=O)N1CC(OCCn2c(=O)c(-c3c(Cl)c(OC)cc(OC)c3Cl)cc3cnc(NCCCN(CC)CC)nc32)C1. The van der Waals surface area contributed by atoms with E-state index in [0.29, 0.717) is 48.1 Å². The lowest BCUT2D eigenvalue weighted by Gasteiger charge is -2.38. The molecule has 4 rings (SSSR count). The molecule has 13 heteroatoms. The zero-order valence-electron chi connectivity index (χ0n) is 25.0. The van der Waals surface area contributed by atoms with Crippen LogP contribution >= 0.6 is 23.2 Å². The molecule has 1 N–H and O–H groups in total. The van der Waals surface area contributed by atoms with Crippen LogP contribution in [0.5, 0.6) is 11.5 Å². The first-order valence-corrected chi connectivity index (χ1v) is 15.0. The third-order valence-corrected chi connectivity index (χ3v) is 8.25. The summed E-state index contributed by atoms with van der Waals surface area (Å²) in [6, 6.07) is 3.25. The van der Waals surface area contributed by atoms with Crippen LogP contribution in [0.15, 0.2) is 35.8 Å². The highest BCUT2D eigenvalue weighted by atomic mass is 35.5. The number of rotatable bonds is 15. The molecule has 1 aromatic carbocycles. The van der Waals surface area contributed by atoms with Gasteiger partial charge < -0.3 is 29.3 Å². The van der Waals surface area contributed by atoms with Gasteiger partial charge in [-0.3, -0.25) is 14.2 Å². The number of carbonyl (C=O) groups excluding carboxylic acids is 1. The number of anilines is 1. The fourth-order valence-electron chi connectivity index (χ4n) is 4.96. The molecular formula is C30H38Cl2N6O5. The molecule has 0 atom stereocenters. The van der Waals surface area contributed by atoms with Gasteiger partial charge in [0.2, 0.25) is 11.9 Å². The summed E-state index contributed by atoms with van der Waals surface area (Å²) in [6.45, 7) is 12.8. The number of pyridine rings is 1. The van der Waals surface area contributed by atoms with Crippen LogP contribution in [0.1, 0.15) is 20.3 Å². The molecule has 0 aliphatic carbocycles. The van der Waals surface area contributed by atoms with Crippen molar-refractivity contribution in [2.24, 2.45) is 0 Å². The highest BCUT2D eigenvalue weighted by Gasteiger charge is 2.30. The Hall–Kier alpha value is -3.38. The minimum Gasteiger partial charge on any atom is -0.495 e. The van der Waals surface area contributed by atoms with E-state index in [4.69, 9.17) is 42.4 Å². The van der Waals surface area contributed by atoms with Crippen molar-refractivity contribution < 1.29 is 19.0 Å². The summed E-state index contributed by atoms with van der Waals surface area (Å²) in [7, 11) is 2.95. The van der Waals surface area contributed by atoms with Crippen molar-refractivity contribution >= 4 is 46.1 Å². The summed E-state index contributed by atoms with van der Waals surface area (Å²) in [5.41, 5.74) is 0.614. The standard InChI is InChI=1S/C30H38Cl2N6O5/c1-6-24(39)37-17-20(18-37)43-13-12-38-28-19(16-34-30(35-28)33-10-9-11-36(7-2)8-3)14-21(29(38)40)25-26(31)22(41-4)15-23(42-5)27(25)32/h6,14-16,20H,1,7-13,17-18H2,2-5H3,(H,33,34,35). The Morgan fingerprint density at radius 1 is 1.16 bits per heavy atom. The highest BCUT2D eigenvalue weighted by Crippen LogP contribution is 2.45. The third kappa shape index (κ3) is 7.23. The second kappa shape index (κ2) is 14.9. The molecule has 3 aromatic rings. The molecule has 0 unspecified atom stereocenters. The molecule has 0 bridgehead atoms. The number of benzene rings is 1. The van der Waals surface area contributed by atoms with Crippen LogP contribution in [0.4, 0.5) is 5.95 Å². The second-order valence-corrected chi connectivity index (χ2v) is 10.8. The van der Waals surface area contributed by atoms with Gasteiger partial charge in [-0.1, -0.05) is 43.6 Å². The van der Waals surface area contributed by atoms with Gasteiger partial charge in [-0.25, -0.2) is 4.98 Å². The fourth-order valence-corrected chi connectivity index (χ4v) is 5.66. The zero-order valence-corrected chi connectivity index (χ0v) is 26.5. The first-order valence-electron chi connectivity index (χ1n) is 14.3. The van der Waals surface area contributed by atoms with Gasteiger partial charge in [0, 0.05) is 42.8 Å². The maximum absolute atomic E-state index is 14.1. The largest absolute Gasteiger partial charge is 0.495 e. The van der Waals surface area contributed by atoms with Crippen LogP contribution in [0, 0.1) is 0 Å². The van der Waals surface area contributed by atoms with E-state index in [1.54, 1.807) is 23.2 Å². The minimum absolute atomic E-state index is 0.127. The first-order chi connectivity index (χ1) is 20.8. The van der Waals surface area contributed by atoms with Crippen molar-refractivity contribution in [3.8, 4) is 22.6 Å². The van der Waals surface area contributed by atoms with Gasteiger partial charge in [0.05, 0.1) is 49.1 Å². The number of nitrogens with one attached hydrogen (secondary N) is 1. The summed E-state index contributed by atoms with van der Waals surface area (Å²) in [4.78, 5) is 39.1. The normalized spacial score (nSPS) is 13.3. The van der Waals surface area contributed by atoms with Gasteiger partial charge in [-0.15, -0.1) is 0 Å². The quantitative estimate of drug-likeness (QED) is 0.193. The monoisotopic (exact) mass is 632 g/mol. The number of ether oxygens (including phenoxy) is 3. The lowest BCUT2D eigenvalue weighted by Crippen LogP contribution is -2.54. The van der Waals surface area contributed by atoms with Crippen LogP contribution < -0.4 is 20.3 Å². The number of hydrogen-bond donors (Lipinski definition) is 1. The smallest absolute Gasteiger partial charge is 0.260 e. The Morgan fingerprint density at radius 3 is 2.44 bits per heavy atom. The molecule has 232 valence electrons. The van der Waals surface area contributed by atoms with E-state index >= 15 is 0 Å². The van der Waals surface area contributed by atoms with Gasteiger partial charge in [0.15, 0.2) is 0 Å². The molecule has 1 saturated heterocycles. The Balaban J connectivity index is 1.68. The average Bonchev–Trinajstić information content (AvgIpc) is 2.99. The molecular weight excluding hydrogens is 595 g/mol. The van der Waals surface area contributed by atoms with Gasteiger partial charge >= 0.3 is 0 Å². The summed E-state index contributed by atoms with van der Waals surface area (Å²) in [6.07, 6.45) is 3.74. The number of aromatic nitrogens is 3. The molecule has 1 aliphatic rings.